The lowest BCUT2D eigenvalue weighted by molar-refractivity contribution is 0.511. The van der Waals surface area contributed by atoms with Gasteiger partial charge in [0, 0.05) is 10.5 Å². The average Bonchev–Trinajstić information content (AvgIpc) is 2.13. The summed E-state index contributed by atoms with van der Waals surface area (Å²) in [6.45, 7) is 6.16. The zero-order valence-electron chi connectivity index (χ0n) is 9.31. The third-order valence-corrected chi connectivity index (χ3v) is 3.31. The van der Waals surface area contributed by atoms with Crippen molar-refractivity contribution in [2.24, 2.45) is 0 Å². The van der Waals surface area contributed by atoms with E-state index in [-0.39, 0.29) is 5.69 Å². The quantitative estimate of drug-likeness (QED) is 0.315. The van der Waals surface area contributed by atoms with Crippen molar-refractivity contribution in [1.82, 2.24) is 0 Å². The fourth-order valence-electron chi connectivity index (χ4n) is 0.917. The first-order chi connectivity index (χ1) is 7.29. The molecule has 0 aliphatic rings. The van der Waals surface area contributed by atoms with Crippen molar-refractivity contribution in [2.75, 3.05) is 5.12 Å². The van der Waals surface area contributed by atoms with E-state index in [0.29, 0.717) is 10.1 Å². The van der Waals surface area contributed by atoms with Gasteiger partial charge in [-0.2, -0.15) is 0 Å². The molecule has 0 heterocycles. The van der Waals surface area contributed by atoms with Gasteiger partial charge in [0.25, 0.3) is 0 Å². The molecule has 0 bridgehead atoms. The Kier molecular flexibility index (Phi) is 4.42. The summed E-state index contributed by atoms with van der Waals surface area (Å²) in [7, 11) is -1.58. The molecule has 1 nitrogen and oxygen atoms in total. The molecule has 0 saturated carbocycles. The maximum absolute atomic E-state index is 13.6. The summed E-state index contributed by atoms with van der Waals surface area (Å²) >= 11 is 9.17. The molecule has 0 N–H and O–H groups in total. The molecule has 86 valence electrons. The molecular weight excluding hydrogens is 309 g/mol. The second kappa shape index (κ2) is 5.22. The Morgan fingerprint density at radius 1 is 1.38 bits per heavy atom. The Balaban J connectivity index is 2.96. The standard InChI is InChI=1S/C11H12BrClFNSi/c1-16(2,3)7-6-15(14)11-5-4-9(12)8-10(11)13/h4-5,8H,1-3H3. The Bertz CT molecular complexity index is 448. The van der Waals surface area contributed by atoms with Gasteiger partial charge < -0.3 is 0 Å². The number of hydrogen-bond acceptors (Lipinski definition) is 1. The first kappa shape index (κ1) is 13.6. The van der Waals surface area contributed by atoms with E-state index < -0.39 is 8.07 Å². The Hall–Kier alpha value is -0.503. The van der Waals surface area contributed by atoms with Crippen molar-refractivity contribution in [3.8, 4) is 11.6 Å². The summed E-state index contributed by atoms with van der Waals surface area (Å²) < 4.78 is 14.5. The first-order valence-corrected chi connectivity index (χ1v) is 9.40. The fraction of sp³-hybridized carbons (Fsp3) is 0.273. The fourth-order valence-corrected chi connectivity index (χ4v) is 2.10. The topological polar surface area (TPSA) is 3.24 Å². The lowest BCUT2D eigenvalue weighted by Crippen LogP contribution is -2.18. The van der Waals surface area contributed by atoms with Crippen LogP contribution in [-0.4, -0.2) is 8.07 Å². The lowest BCUT2D eigenvalue weighted by Gasteiger charge is -2.09. The van der Waals surface area contributed by atoms with Gasteiger partial charge in [-0.3, -0.25) is 0 Å². The second-order valence-electron chi connectivity index (χ2n) is 4.36. The van der Waals surface area contributed by atoms with E-state index in [2.05, 4.69) is 47.2 Å². The van der Waals surface area contributed by atoms with Gasteiger partial charge in [0.1, 0.15) is 13.8 Å². The Morgan fingerprint density at radius 3 is 2.50 bits per heavy atom. The molecule has 0 radical (unpaired) electrons. The summed E-state index contributed by atoms with van der Waals surface area (Å²) in [6, 6.07) is 7.43. The molecule has 0 unspecified atom stereocenters. The monoisotopic (exact) mass is 319 g/mol. The van der Waals surface area contributed by atoms with Gasteiger partial charge >= 0.3 is 0 Å². The van der Waals surface area contributed by atoms with Gasteiger partial charge in [0.15, 0.2) is 0 Å². The van der Waals surface area contributed by atoms with Crippen LogP contribution in [0.5, 0.6) is 0 Å². The van der Waals surface area contributed by atoms with E-state index in [1.165, 1.54) is 0 Å². The first-order valence-electron chi connectivity index (χ1n) is 4.73. The summed E-state index contributed by atoms with van der Waals surface area (Å²) in [5.74, 6) is 0. The van der Waals surface area contributed by atoms with Gasteiger partial charge in [-0.1, -0.05) is 51.7 Å². The van der Waals surface area contributed by atoms with E-state index in [9.17, 15) is 4.48 Å². The highest BCUT2D eigenvalue weighted by Crippen LogP contribution is 2.28. The molecule has 1 aromatic rings. The van der Waals surface area contributed by atoms with Crippen LogP contribution < -0.4 is 5.12 Å². The lowest BCUT2D eigenvalue weighted by atomic mass is 10.3. The molecule has 0 fully saturated rings. The number of anilines is 1. The zero-order valence-corrected chi connectivity index (χ0v) is 12.7. The van der Waals surface area contributed by atoms with Crippen LogP contribution in [0, 0.1) is 11.6 Å². The molecule has 0 aliphatic heterocycles. The molecule has 5 heteroatoms. The average molecular weight is 321 g/mol. The van der Waals surface area contributed by atoms with E-state index >= 15 is 0 Å². The number of rotatable bonds is 1. The highest BCUT2D eigenvalue weighted by molar-refractivity contribution is 9.10. The molecule has 0 aromatic heterocycles. The minimum Gasteiger partial charge on any atom is -0.135 e. The molecule has 0 saturated heterocycles. The van der Waals surface area contributed by atoms with Crippen molar-refractivity contribution in [3.63, 3.8) is 0 Å². The third kappa shape index (κ3) is 4.16. The van der Waals surface area contributed by atoms with Crippen LogP contribution in [0.15, 0.2) is 22.7 Å². The Labute approximate surface area is 110 Å². The van der Waals surface area contributed by atoms with Crippen LogP contribution in [0.3, 0.4) is 0 Å². The predicted octanol–water partition coefficient (Wildman–Crippen LogP) is 4.63. The number of hydrogen-bond donors (Lipinski definition) is 0. The molecule has 1 aromatic carbocycles. The molecular formula is C11H12BrClFNSi. The Morgan fingerprint density at radius 2 is 2.00 bits per heavy atom. The van der Waals surface area contributed by atoms with E-state index in [1.54, 1.807) is 18.2 Å². The van der Waals surface area contributed by atoms with Crippen molar-refractivity contribution in [3.05, 3.63) is 27.7 Å². The van der Waals surface area contributed by atoms with E-state index in [4.69, 9.17) is 11.6 Å². The normalized spacial score (nSPS) is 10.6. The van der Waals surface area contributed by atoms with Crippen LogP contribution >= 0.6 is 27.5 Å². The van der Waals surface area contributed by atoms with Gasteiger partial charge in [-0.25, -0.2) is 0 Å². The van der Waals surface area contributed by atoms with E-state index in [0.717, 1.165) is 4.47 Å². The largest absolute Gasteiger partial charge is 0.135 e. The maximum atomic E-state index is 13.6. The summed E-state index contributed by atoms with van der Waals surface area (Å²) in [6.07, 6.45) is 0. The van der Waals surface area contributed by atoms with Crippen molar-refractivity contribution in [1.29, 1.82) is 0 Å². The third-order valence-electron chi connectivity index (χ3n) is 1.65. The molecule has 0 aliphatic carbocycles. The van der Waals surface area contributed by atoms with Crippen LogP contribution in [0.2, 0.25) is 24.7 Å². The minimum absolute atomic E-state index is 0.274. The van der Waals surface area contributed by atoms with Gasteiger partial charge in [0.05, 0.1) is 5.02 Å². The van der Waals surface area contributed by atoms with Crippen molar-refractivity contribution < 1.29 is 4.48 Å². The number of halogens is 3. The molecule has 0 amide bonds. The summed E-state index contributed by atoms with van der Waals surface area (Å²) in [5, 5.41) is 0.717. The smallest absolute Gasteiger partial charge is 0.131 e. The molecule has 0 spiro atoms. The van der Waals surface area contributed by atoms with Gasteiger partial charge in [0.2, 0.25) is 0 Å². The van der Waals surface area contributed by atoms with Crippen LogP contribution in [-0.2, 0) is 0 Å². The van der Waals surface area contributed by atoms with Crippen LogP contribution in [0.4, 0.5) is 10.2 Å². The summed E-state index contributed by atoms with van der Waals surface area (Å²) in [5.41, 5.74) is 3.21. The molecule has 0 atom stereocenters. The van der Waals surface area contributed by atoms with Crippen molar-refractivity contribution in [2.45, 2.75) is 19.6 Å². The van der Waals surface area contributed by atoms with E-state index in [1.807, 2.05) is 0 Å². The van der Waals surface area contributed by atoms with Crippen molar-refractivity contribution >= 4 is 41.3 Å². The number of benzene rings is 1. The van der Waals surface area contributed by atoms with Crippen LogP contribution in [0.25, 0.3) is 0 Å². The molecule has 1 rings (SSSR count). The van der Waals surface area contributed by atoms with Gasteiger partial charge in [-0.05, 0) is 18.2 Å². The highest BCUT2D eigenvalue weighted by Gasteiger charge is 2.11. The van der Waals surface area contributed by atoms with Gasteiger partial charge in [-0.15, -0.1) is 10.7 Å². The SMILES string of the molecule is C[Si](C)(C)C#CN(F)c1ccc(Br)cc1Cl. The predicted molar refractivity (Wildman–Crippen MR) is 73.9 cm³/mol. The highest BCUT2D eigenvalue weighted by atomic mass is 79.9. The summed E-state index contributed by atoms with van der Waals surface area (Å²) in [4.78, 5) is 0. The molecule has 16 heavy (non-hydrogen) atoms. The van der Waals surface area contributed by atoms with Crippen LogP contribution in [0.1, 0.15) is 0 Å². The minimum atomic E-state index is -1.58. The second-order valence-corrected chi connectivity index (χ2v) is 10.4. The maximum Gasteiger partial charge on any atom is 0.131 e. The number of nitrogens with zero attached hydrogens (tertiary/aromatic N) is 1. The zero-order chi connectivity index (χ0) is 12.3.